The lowest BCUT2D eigenvalue weighted by atomic mass is 10.1. The number of ether oxygens (including phenoxy) is 1. The lowest BCUT2D eigenvalue weighted by Crippen LogP contribution is -2.54. The first-order valence-corrected chi connectivity index (χ1v) is 10.9. The number of guanidine groups is 1. The topological polar surface area (TPSA) is 92.6 Å². The van der Waals surface area contributed by atoms with Gasteiger partial charge < -0.3 is 20.7 Å². The number of alkyl carbamates (subject to hydrolysis) is 1. The Bertz CT molecular complexity index is 926. The minimum atomic E-state index is -0.536. The van der Waals surface area contributed by atoms with Gasteiger partial charge in [0, 0.05) is 31.4 Å². The normalized spacial score (nSPS) is 12.4. The van der Waals surface area contributed by atoms with Crippen molar-refractivity contribution < 1.29 is 9.53 Å². The molecule has 0 radical (unpaired) electrons. The summed E-state index contributed by atoms with van der Waals surface area (Å²) in [5, 5.41) is 14.2. The highest BCUT2D eigenvalue weighted by molar-refractivity contribution is 5.80. The van der Waals surface area contributed by atoms with E-state index < -0.39 is 17.2 Å². The summed E-state index contributed by atoms with van der Waals surface area (Å²) >= 11 is 0. The van der Waals surface area contributed by atoms with Gasteiger partial charge in [-0.2, -0.15) is 5.10 Å². The van der Waals surface area contributed by atoms with E-state index in [0.29, 0.717) is 19.0 Å². The molecule has 0 aliphatic rings. The number of aliphatic imine (C=N–C) groups is 1. The molecule has 0 atom stereocenters. The molecular formula is C24H38N6O2. The summed E-state index contributed by atoms with van der Waals surface area (Å²) in [6.07, 6.45) is -0.440. The van der Waals surface area contributed by atoms with Crippen LogP contribution in [0.15, 0.2) is 35.3 Å². The number of amides is 1. The minimum Gasteiger partial charge on any atom is -0.444 e. The maximum absolute atomic E-state index is 12.1. The van der Waals surface area contributed by atoms with Crippen molar-refractivity contribution in [3.8, 4) is 0 Å². The van der Waals surface area contributed by atoms with Crippen LogP contribution in [-0.4, -0.2) is 46.6 Å². The van der Waals surface area contributed by atoms with Crippen molar-refractivity contribution in [3.05, 3.63) is 52.8 Å². The number of aryl methyl sites for hydroxylation is 1. The lowest BCUT2D eigenvalue weighted by molar-refractivity contribution is 0.0474. The third kappa shape index (κ3) is 7.90. The average Bonchev–Trinajstić information content (AvgIpc) is 2.94. The minimum absolute atomic E-state index is 0.440. The number of benzene rings is 1. The Kier molecular flexibility index (Phi) is 8.30. The predicted molar refractivity (Wildman–Crippen MR) is 129 cm³/mol. The van der Waals surface area contributed by atoms with E-state index in [1.807, 2.05) is 64.4 Å². The molecule has 0 fully saturated rings. The second-order valence-electron chi connectivity index (χ2n) is 9.58. The Hall–Kier alpha value is -3.03. The number of aromatic nitrogens is 2. The number of rotatable bonds is 7. The van der Waals surface area contributed by atoms with Crippen molar-refractivity contribution >= 4 is 12.1 Å². The van der Waals surface area contributed by atoms with Crippen molar-refractivity contribution in [1.82, 2.24) is 25.7 Å². The zero-order valence-electron chi connectivity index (χ0n) is 20.7. The Morgan fingerprint density at radius 2 is 1.75 bits per heavy atom. The second kappa shape index (κ2) is 10.5. The second-order valence-corrected chi connectivity index (χ2v) is 9.58. The summed E-state index contributed by atoms with van der Waals surface area (Å²) in [6.45, 7) is 15.3. The zero-order chi connectivity index (χ0) is 23.9. The van der Waals surface area contributed by atoms with Crippen LogP contribution in [0, 0.1) is 13.8 Å². The number of nitrogens with one attached hydrogen (secondary N) is 3. The van der Waals surface area contributed by atoms with Gasteiger partial charge >= 0.3 is 6.09 Å². The van der Waals surface area contributed by atoms with Crippen molar-refractivity contribution in [1.29, 1.82) is 0 Å². The summed E-state index contributed by atoms with van der Waals surface area (Å²) in [4.78, 5) is 16.4. The van der Waals surface area contributed by atoms with Crippen molar-refractivity contribution in [2.24, 2.45) is 4.99 Å². The van der Waals surface area contributed by atoms with E-state index in [1.165, 1.54) is 5.56 Å². The number of hydrogen-bond donors (Lipinski definition) is 3. The van der Waals surface area contributed by atoms with Gasteiger partial charge in [0.2, 0.25) is 0 Å². The molecule has 2 rings (SSSR count). The third-order valence-corrected chi connectivity index (χ3v) is 4.90. The number of nitrogens with zero attached hydrogens (tertiary/aromatic N) is 3. The van der Waals surface area contributed by atoms with Gasteiger partial charge in [-0.3, -0.25) is 9.67 Å². The van der Waals surface area contributed by atoms with Crippen molar-refractivity contribution in [2.75, 3.05) is 13.6 Å². The molecular weight excluding hydrogens is 404 g/mol. The quantitative estimate of drug-likeness (QED) is 0.451. The van der Waals surface area contributed by atoms with Crippen LogP contribution >= 0.6 is 0 Å². The van der Waals surface area contributed by atoms with Crippen LogP contribution in [0.3, 0.4) is 0 Å². The van der Waals surface area contributed by atoms with Gasteiger partial charge in [-0.25, -0.2) is 4.79 Å². The summed E-state index contributed by atoms with van der Waals surface area (Å²) in [5.41, 5.74) is 3.43. The Morgan fingerprint density at radius 3 is 2.34 bits per heavy atom. The molecule has 8 nitrogen and oxygen atoms in total. The van der Waals surface area contributed by atoms with Gasteiger partial charge in [0.05, 0.1) is 17.8 Å². The van der Waals surface area contributed by atoms with E-state index in [1.54, 1.807) is 7.05 Å². The van der Waals surface area contributed by atoms with E-state index in [-0.39, 0.29) is 0 Å². The Labute approximate surface area is 191 Å². The molecule has 1 heterocycles. The maximum Gasteiger partial charge on any atom is 0.408 e. The molecule has 0 spiro atoms. The number of carbonyl (C=O) groups is 1. The number of hydrogen-bond acceptors (Lipinski definition) is 4. The van der Waals surface area contributed by atoms with E-state index in [4.69, 9.17) is 9.84 Å². The van der Waals surface area contributed by atoms with Crippen LogP contribution in [-0.2, 0) is 17.8 Å². The fraction of sp³-hybridized carbons (Fsp3) is 0.542. The molecule has 1 aromatic heterocycles. The fourth-order valence-corrected chi connectivity index (χ4v) is 3.22. The Morgan fingerprint density at radius 1 is 1.09 bits per heavy atom. The van der Waals surface area contributed by atoms with E-state index in [0.717, 1.165) is 23.5 Å². The van der Waals surface area contributed by atoms with Crippen LogP contribution in [0.1, 0.15) is 57.1 Å². The predicted octanol–water partition coefficient (Wildman–Crippen LogP) is 3.52. The third-order valence-electron chi connectivity index (χ3n) is 4.90. The first-order valence-electron chi connectivity index (χ1n) is 10.9. The van der Waals surface area contributed by atoms with E-state index >= 15 is 0 Å². The van der Waals surface area contributed by atoms with Gasteiger partial charge in [0.15, 0.2) is 5.96 Å². The van der Waals surface area contributed by atoms with Crippen LogP contribution in [0.4, 0.5) is 4.79 Å². The van der Waals surface area contributed by atoms with Crippen LogP contribution in [0.5, 0.6) is 0 Å². The lowest BCUT2D eigenvalue weighted by Gasteiger charge is -2.29. The molecule has 2 aromatic rings. The van der Waals surface area contributed by atoms with E-state index in [2.05, 4.69) is 40.0 Å². The smallest absolute Gasteiger partial charge is 0.408 e. The van der Waals surface area contributed by atoms with Crippen LogP contribution in [0.2, 0.25) is 0 Å². The Balaban J connectivity index is 1.93. The molecule has 8 heteroatoms. The van der Waals surface area contributed by atoms with Gasteiger partial charge in [0.25, 0.3) is 0 Å². The SMILES string of the molecule is CN=C(NCc1c(C)nn(Cc2ccccc2)c1C)NCC(C)(C)NC(=O)OC(C)(C)C. The van der Waals surface area contributed by atoms with Gasteiger partial charge in [0.1, 0.15) is 5.60 Å². The fourth-order valence-electron chi connectivity index (χ4n) is 3.22. The van der Waals surface area contributed by atoms with Crippen LogP contribution in [0.25, 0.3) is 0 Å². The first-order chi connectivity index (χ1) is 14.9. The largest absolute Gasteiger partial charge is 0.444 e. The number of carbonyl (C=O) groups excluding carboxylic acids is 1. The molecule has 0 bridgehead atoms. The average molecular weight is 443 g/mol. The summed E-state index contributed by atoms with van der Waals surface area (Å²) in [7, 11) is 1.72. The maximum atomic E-state index is 12.1. The summed E-state index contributed by atoms with van der Waals surface area (Å²) < 4.78 is 7.38. The van der Waals surface area contributed by atoms with Crippen LogP contribution < -0.4 is 16.0 Å². The molecule has 3 N–H and O–H groups in total. The zero-order valence-corrected chi connectivity index (χ0v) is 20.7. The van der Waals surface area contributed by atoms with Gasteiger partial charge in [-0.15, -0.1) is 0 Å². The molecule has 32 heavy (non-hydrogen) atoms. The first kappa shape index (κ1) is 25.2. The summed E-state index contributed by atoms with van der Waals surface area (Å²) in [5.74, 6) is 0.652. The highest BCUT2D eigenvalue weighted by atomic mass is 16.6. The van der Waals surface area contributed by atoms with Gasteiger partial charge in [-0.05, 0) is 54.0 Å². The van der Waals surface area contributed by atoms with Crippen molar-refractivity contribution in [3.63, 3.8) is 0 Å². The molecule has 176 valence electrons. The van der Waals surface area contributed by atoms with E-state index in [9.17, 15) is 4.79 Å². The van der Waals surface area contributed by atoms with Gasteiger partial charge in [-0.1, -0.05) is 30.3 Å². The molecule has 0 aliphatic carbocycles. The molecule has 0 saturated carbocycles. The molecule has 1 aromatic carbocycles. The molecule has 0 unspecified atom stereocenters. The highest BCUT2D eigenvalue weighted by Crippen LogP contribution is 2.15. The standard InChI is InChI=1S/C24H38N6O2/c1-17-20(18(2)30(29-17)15-19-12-10-9-11-13-19)14-26-21(25-8)27-16-24(6,7)28-22(31)32-23(3,4)5/h9-13H,14-16H2,1-8H3,(H,28,31)(H2,25,26,27). The summed E-state index contributed by atoms with van der Waals surface area (Å²) in [6, 6.07) is 10.3. The molecule has 0 saturated heterocycles. The molecule has 1 amide bonds. The monoisotopic (exact) mass is 442 g/mol. The molecule has 0 aliphatic heterocycles. The highest BCUT2D eigenvalue weighted by Gasteiger charge is 2.25. The van der Waals surface area contributed by atoms with Crippen molar-refractivity contribution in [2.45, 2.75) is 72.7 Å².